The van der Waals surface area contributed by atoms with Crippen LogP contribution in [0.1, 0.15) is 19.3 Å². The van der Waals surface area contributed by atoms with Crippen molar-refractivity contribution in [2.45, 2.75) is 31.4 Å². The molecule has 4 unspecified atom stereocenters. The van der Waals surface area contributed by atoms with Gasteiger partial charge in [0.25, 0.3) is 0 Å². The second-order valence-corrected chi connectivity index (χ2v) is 5.05. The molecule has 2 aliphatic rings. The zero-order valence-corrected chi connectivity index (χ0v) is 10.5. The van der Waals surface area contributed by atoms with Gasteiger partial charge in [-0.1, -0.05) is 6.42 Å². The van der Waals surface area contributed by atoms with Gasteiger partial charge in [-0.2, -0.15) is 0 Å². The van der Waals surface area contributed by atoms with Gasteiger partial charge in [0.1, 0.15) is 0 Å². The molecule has 4 atom stereocenters. The van der Waals surface area contributed by atoms with E-state index >= 15 is 0 Å². The van der Waals surface area contributed by atoms with Crippen molar-refractivity contribution in [2.75, 3.05) is 20.2 Å². The smallest absolute Gasteiger partial charge is 0.334 e. The summed E-state index contributed by atoms with van der Waals surface area (Å²) in [7, 11) is 1.33. The summed E-state index contributed by atoms with van der Waals surface area (Å²) in [6.07, 6.45) is 2.49. The molecule has 3 N–H and O–H groups in total. The third kappa shape index (κ3) is 2.64. The van der Waals surface area contributed by atoms with E-state index in [9.17, 15) is 9.59 Å². The molecule has 1 aliphatic carbocycles. The monoisotopic (exact) mass is 256 g/mol. The van der Waals surface area contributed by atoms with Crippen molar-refractivity contribution in [1.82, 2.24) is 10.6 Å². The number of rotatable bonds is 5. The van der Waals surface area contributed by atoms with Crippen LogP contribution in [0.2, 0.25) is 0 Å². The molecule has 0 bridgehead atoms. The molecule has 1 saturated heterocycles. The summed E-state index contributed by atoms with van der Waals surface area (Å²) in [5.41, 5.74) is 0. The summed E-state index contributed by atoms with van der Waals surface area (Å²) >= 11 is 0. The fourth-order valence-electron chi connectivity index (χ4n) is 3.05. The van der Waals surface area contributed by atoms with Gasteiger partial charge in [0.05, 0.1) is 12.6 Å². The van der Waals surface area contributed by atoms with Gasteiger partial charge >= 0.3 is 5.97 Å². The Morgan fingerprint density at radius 1 is 1.50 bits per heavy atom. The van der Waals surface area contributed by atoms with Crippen LogP contribution in [0.5, 0.6) is 0 Å². The standard InChI is InChI=1S/C12H20N2O4/c1-18-9(12(16)17)6-14-11(15)10-8-4-2-3-7(8)5-13-10/h7-10,13H,2-6H2,1H3,(H,14,15)(H,16,17). The number of carbonyl (C=O) groups is 2. The molecule has 2 fully saturated rings. The number of nitrogens with one attached hydrogen (secondary N) is 2. The van der Waals surface area contributed by atoms with Crippen LogP contribution in [0.25, 0.3) is 0 Å². The fraction of sp³-hybridized carbons (Fsp3) is 0.833. The number of hydrogen-bond acceptors (Lipinski definition) is 4. The van der Waals surface area contributed by atoms with Crippen molar-refractivity contribution in [1.29, 1.82) is 0 Å². The molecule has 0 aromatic carbocycles. The molecular formula is C12H20N2O4. The number of ether oxygens (including phenoxy) is 1. The van der Waals surface area contributed by atoms with Gasteiger partial charge in [0, 0.05) is 7.11 Å². The van der Waals surface area contributed by atoms with Crippen LogP contribution in [0.4, 0.5) is 0 Å². The minimum absolute atomic E-state index is 0.0141. The van der Waals surface area contributed by atoms with Crippen LogP contribution >= 0.6 is 0 Å². The van der Waals surface area contributed by atoms with E-state index in [1.54, 1.807) is 0 Å². The normalized spacial score (nSPS) is 31.9. The third-order valence-electron chi connectivity index (χ3n) is 4.05. The zero-order valence-electron chi connectivity index (χ0n) is 10.5. The average Bonchev–Trinajstić information content (AvgIpc) is 2.90. The van der Waals surface area contributed by atoms with Crippen molar-refractivity contribution in [3.05, 3.63) is 0 Å². The first-order chi connectivity index (χ1) is 8.63. The number of carboxylic acids is 1. The highest BCUT2D eigenvalue weighted by atomic mass is 16.5. The quantitative estimate of drug-likeness (QED) is 0.622. The van der Waals surface area contributed by atoms with Gasteiger partial charge in [-0.25, -0.2) is 4.79 Å². The maximum atomic E-state index is 12.0. The highest BCUT2D eigenvalue weighted by molar-refractivity contribution is 5.83. The van der Waals surface area contributed by atoms with Crippen molar-refractivity contribution in [3.63, 3.8) is 0 Å². The predicted molar refractivity (Wildman–Crippen MR) is 64.1 cm³/mol. The minimum Gasteiger partial charge on any atom is -0.479 e. The Balaban J connectivity index is 1.83. The number of methoxy groups -OCH3 is 1. The SMILES string of the molecule is COC(CNC(=O)C1NCC2CCCC21)C(=O)O. The van der Waals surface area contributed by atoms with Crippen molar-refractivity contribution in [3.8, 4) is 0 Å². The summed E-state index contributed by atoms with van der Waals surface area (Å²) in [5, 5.41) is 14.7. The number of carbonyl (C=O) groups excluding carboxylic acids is 1. The van der Waals surface area contributed by atoms with E-state index in [0.29, 0.717) is 11.8 Å². The summed E-state index contributed by atoms with van der Waals surface area (Å²) in [6.45, 7) is 0.912. The van der Waals surface area contributed by atoms with Gasteiger partial charge in [0.15, 0.2) is 6.10 Å². The van der Waals surface area contributed by atoms with Gasteiger partial charge < -0.3 is 20.5 Å². The van der Waals surface area contributed by atoms with Gasteiger partial charge in [-0.05, 0) is 31.2 Å². The highest BCUT2D eigenvalue weighted by Crippen LogP contribution is 2.37. The van der Waals surface area contributed by atoms with Crippen LogP contribution in [0, 0.1) is 11.8 Å². The number of hydrogen-bond donors (Lipinski definition) is 3. The largest absolute Gasteiger partial charge is 0.479 e. The second-order valence-electron chi connectivity index (χ2n) is 5.05. The molecule has 1 aliphatic heterocycles. The lowest BCUT2D eigenvalue weighted by molar-refractivity contribution is -0.148. The lowest BCUT2D eigenvalue weighted by atomic mass is 9.93. The van der Waals surface area contributed by atoms with Crippen molar-refractivity contribution in [2.24, 2.45) is 11.8 Å². The summed E-state index contributed by atoms with van der Waals surface area (Å²) in [5.74, 6) is -0.141. The third-order valence-corrected chi connectivity index (χ3v) is 4.05. The average molecular weight is 256 g/mol. The molecule has 6 nitrogen and oxygen atoms in total. The van der Waals surface area contributed by atoms with Crippen LogP contribution in [-0.4, -0.2) is 49.3 Å². The minimum atomic E-state index is -1.06. The Labute approximate surface area is 106 Å². The van der Waals surface area contributed by atoms with E-state index in [1.807, 2.05) is 0 Å². The Morgan fingerprint density at radius 2 is 2.28 bits per heavy atom. The molecule has 6 heteroatoms. The molecule has 18 heavy (non-hydrogen) atoms. The van der Waals surface area contributed by atoms with E-state index in [-0.39, 0.29) is 18.5 Å². The Kier molecular flexibility index (Phi) is 4.19. The lowest BCUT2D eigenvalue weighted by Crippen LogP contribution is -2.47. The number of fused-ring (bicyclic) bond motifs is 1. The predicted octanol–water partition coefficient (Wildman–Crippen LogP) is -0.410. The molecule has 1 saturated carbocycles. The second kappa shape index (κ2) is 5.67. The van der Waals surface area contributed by atoms with Gasteiger partial charge in [0.2, 0.25) is 5.91 Å². The summed E-state index contributed by atoms with van der Waals surface area (Å²) in [6, 6.07) is -0.163. The van der Waals surface area contributed by atoms with E-state index in [0.717, 1.165) is 13.0 Å². The lowest BCUT2D eigenvalue weighted by Gasteiger charge is -2.19. The van der Waals surface area contributed by atoms with E-state index in [1.165, 1.54) is 20.0 Å². The number of amides is 1. The van der Waals surface area contributed by atoms with Crippen molar-refractivity contribution >= 4 is 11.9 Å². The summed E-state index contributed by atoms with van der Waals surface area (Å²) in [4.78, 5) is 22.8. The van der Waals surface area contributed by atoms with E-state index in [2.05, 4.69) is 10.6 Å². The zero-order chi connectivity index (χ0) is 13.1. The molecule has 0 spiro atoms. The Hall–Kier alpha value is -1.14. The maximum absolute atomic E-state index is 12.0. The number of aliphatic carboxylic acids is 1. The highest BCUT2D eigenvalue weighted by Gasteiger charge is 2.42. The molecule has 1 amide bonds. The molecular weight excluding hydrogens is 236 g/mol. The number of carboxylic acid groups (broad SMARTS) is 1. The van der Waals surface area contributed by atoms with Crippen LogP contribution in [-0.2, 0) is 14.3 Å². The topological polar surface area (TPSA) is 87.7 Å². The molecule has 0 aromatic rings. The Bertz CT molecular complexity index is 334. The molecule has 0 aromatic heterocycles. The van der Waals surface area contributed by atoms with E-state index < -0.39 is 12.1 Å². The van der Waals surface area contributed by atoms with Crippen LogP contribution in [0.3, 0.4) is 0 Å². The Morgan fingerprint density at radius 3 is 2.94 bits per heavy atom. The first-order valence-corrected chi connectivity index (χ1v) is 6.40. The summed E-state index contributed by atoms with van der Waals surface area (Å²) < 4.78 is 4.78. The first-order valence-electron chi connectivity index (χ1n) is 6.40. The molecule has 0 radical (unpaired) electrons. The van der Waals surface area contributed by atoms with Crippen LogP contribution < -0.4 is 10.6 Å². The molecule has 1 heterocycles. The van der Waals surface area contributed by atoms with Crippen molar-refractivity contribution < 1.29 is 19.4 Å². The van der Waals surface area contributed by atoms with Gasteiger partial charge in [-0.15, -0.1) is 0 Å². The molecule has 2 rings (SSSR count). The molecule has 102 valence electrons. The first kappa shape index (κ1) is 13.3. The fourth-order valence-corrected chi connectivity index (χ4v) is 3.05. The van der Waals surface area contributed by atoms with Gasteiger partial charge in [-0.3, -0.25) is 4.79 Å². The van der Waals surface area contributed by atoms with E-state index in [4.69, 9.17) is 9.84 Å². The van der Waals surface area contributed by atoms with Crippen LogP contribution in [0.15, 0.2) is 0 Å². The maximum Gasteiger partial charge on any atom is 0.334 e.